The topological polar surface area (TPSA) is 65.5 Å². The smallest absolute Gasteiger partial charge is 0.314 e. The van der Waals surface area contributed by atoms with Crippen molar-refractivity contribution in [3.8, 4) is 11.5 Å². The number of benzene rings is 1. The van der Waals surface area contributed by atoms with Crippen molar-refractivity contribution in [2.45, 2.75) is 39.0 Å². The van der Waals surface area contributed by atoms with E-state index in [1.54, 1.807) is 42.7 Å². The molecule has 1 aromatic heterocycles. The SMILES string of the molecule is Cc1c(OC(=O)C2CCCCC2)ccc2c1O/C(=C\c1ccncc1)C2=O. The van der Waals surface area contributed by atoms with E-state index in [2.05, 4.69) is 4.98 Å². The number of carbonyl (C=O) groups excluding carboxylic acids is 2. The lowest BCUT2D eigenvalue weighted by molar-refractivity contribution is -0.140. The second kappa shape index (κ2) is 7.35. The van der Waals surface area contributed by atoms with E-state index >= 15 is 0 Å². The number of ketones is 1. The highest BCUT2D eigenvalue weighted by atomic mass is 16.5. The van der Waals surface area contributed by atoms with Crippen molar-refractivity contribution in [1.29, 1.82) is 0 Å². The molecule has 1 aromatic carbocycles. The number of hydrogen-bond donors (Lipinski definition) is 0. The van der Waals surface area contributed by atoms with Gasteiger partial charge in [-0.05, 0) is 55.7 Å². The molecule has 0 bridgehead atoms. The summed E-state index contributed by atoms with van der Waals surface area (Å²) < 4.78 is 11.5. The van der Waals surface area contributed by atoms with Crippen LogP contribution in [0.2, 0.25) is 0 Å². The first-order valence-electron chi connectivity index (χ1n) is 9.33. The van der Waals surface area contributed by atoms with Crippen molar-refractivity contribution in [2.24, 2.45) is 5.92 Å². The molecule has 0 spiro atoms. The van der Waals surface area contributed by atoms with Gasteiger partial charge in [0.2, 0.25) is 5.78 Å². The second-order valence-electron chi connectivity index (χ2n) is 7.04. The van der Waals surface area contributed by atoms with Gasteiger partial charge in [0.15, 0.2) is 5.76 Å². The van der Waals surface area contributed by atoms with Gasteiger partial charge >= 0.3 is 5.97 Å². The molecule has 0 atom stereocenters. The summed E-state index contributed by atoms with van der Waals surface area (Å²) in [6, 6.07) is 6.96. The third kappa shape index (κ3) is 3.50. The van der Waals surface area contributed by atoms with E-state index in [-0.39, 0.29) is 23.4 Å². The molecule has 1 fully saturated rings. The quantitative estimate of drug-likeness (QED) is 0.457. The number of rotatable bonds is 3. The Morgan fingerprint density at radius 3 is 2.63 bits per heavy atom. The normalized spacial score (nSPS) is 18.3. The standard InChI is InChI=1S/C22H21NO4/c1-14-18(27-22(25)16-5-3-2-4-6-16)8-7-17-20(24)19(26-21(14)17)13-15-9-11-23-12-10-15/h7-13,16H,2-6H2,1H3/b19-13-. The zero-order valence-electron chi connectivity index (χ0n) is 15.2. The molecule has 4 rings (SSSR count). The summed E-state index contributed by atoms with van der Waals surface area (Å²) in [5, 5.41) is 0. The van der Waals surface area contributed by atoms with Crippen LogP contribution in [0.4, 0.5) is 0 Å². The number of aromatic nitrogens is 1. The van der Waals surface area contributed by atoms with E-state index in [0.29, 0.717) is 22.6 Å². The summed E-state index contributed by atoms with van der Waals surface area (Å²) in [6.07, 6.45) is 10.1. The van der Waals surface area contributed by atoms with Gasteiger partial charge in [-0.2, -0.15) is 0 Å². The molecule has 2 aliphatic rings. The Hall–Kier alpha value is -2.95. The van der Waals surface area contributed by atoms with E-state index in [1.807, 2.05) is 6.92 Å². The lowest BCUT2D eigenvalue weighted by Crippen LogP contribution is -2.23. The first-order valence-corrected chi connectivity index (χ1v) is 9.33. The van der Waals surface area contributed by atoms with Gasteiger partial charge in [-0.25, -0.2) is 0 Å². The van der Waals surface area contributed by atoms with Crippen molar-refractivity contribution in [1.82, 2.24) is 4.98 Å². The minimum atomic E-state index is -0.186. The van der Waals surface area contributed by atoms with Crippen molar-refractivity contribution >= 4 is 17.8 Å². The Labute approximate surface area is 158 Å². The number of pyridine rings is 1. The van der Waals surface area contributed by atoms with Crippen LogP contribution in [0.25, 0.3) is 6.08 Å². The van der Waals surface area contributed by atoms with E-state index in [9.17, 15) is 9.59 Å². The molecule has 5 nitrogen and oxygen atoms in total. The molecular formula is C22H21NO4. The molecule has 0 N–H and O–H groups in total. The first-order chi connectivity index (χ1) is 13.1. The Balaban J connectivity index is 1.57. The van der Waals surface area contributed by atoms with E-state index in [1.165, 1.54) is 6.42 Å². The van der Waals surface area contributed by atoms with Crippen LogP contribution in [0.15, 0.2) is 42.4 Å². The van der Waals surface area contributed by atoms with Crippen LogP contribution in [-0.2, 0) is 4.79 Å². The molecule has 138 valence electrons. The number of ether oxygens (including phenoxy) is 2. The number of carbonyl (C=O) groups is 2. The number of allylic oxidation sites excluding steroid dienone is 1. The maximum atomic E-state index is 12.6. The van der Waals surface area contributed by atoms with Crippen LogP contribution in [0, 0.1) is 12.8 Å². The molecule has 0 unspecified atom stereocenters. The summed E-state index contributed by atoms with van der Waals surface area (Å²) in [6.45, 7) is 1.81. The first kappa shape index (κ1) is 17.5. The Bertz CT molecular complexity index is 911. The minimum Gasteiger partial charge on any atom is -0.452 e. The third-order valence-corrected chi connectivity index (χ3v) is 5.19. The lowest BCUT2D eigenvalue weighted by Gasteiger charge is -2.20. The average molecular weight is 363 g/mol. The fourth-order valence-electron chi connectivity index (χ4n) is 3.62. The number of fused-ring (bicyclic) bond motifs is 1. The maximum absolute atomic E-state index is 12.6. The van der Waals surface area contributed by atoms with Crippen LogP contribution in [-0.4, -0.2) is 16.7 Å². The van der Waals surface area contributed by atoms with Crippen molar-refractivity contribution < 1.29 is 19.1 Å². The molecule has 27 heavy (non-hydrogen) atoms. The largest absolute Gasteiger partial charge is 0.452 e. The molecule has 2 heterocycles. The van der Waals surface area contributed by atoms with E-state index in [4.69, 9.17) is 9.47 Å². The Morgan fingerprint density at radius 2 is 1.89 bits per heavy atom. The summed E-state index contributed by atoms with van der Waals surface area (Å²) in [4.78, 5) is 29.0. The molecular weight excluding hydrogens is 342 g/mol. The molecule has 0 amide bonds. The van der Waals surface area contributed by atoms with Crippen LogP contribution in [0.5, 0.6) is 11.5 Å². The van der Waals surface area contributed by atoms with Gasteiger partial charge in [-0.3, -0.25) is 14.6 Å². The Morgan fingerprint density at radius 1 is 1.15 bits per heavy atom. The van der Waals surface area contributed by atoms with Crippen molar-refractivity contribution in [3.05, 3.63) is 59.1 Å². The van der Waals surface area contributed by atoms with Gasteiger partial charge < -0.3 is 9.47 Å². The zero-order valence-corrected chi connectivity index (χ0v) is 15.2. The van der Waals surface area contributed by atoms with Gasteiger partial charge in [0.1, 0.15) is 11.5 Å². The fraction of sp³-hybridized carbons (Fsp3) is 0.318. The van der Waals surface area contributed by atoms with Gasteiger partial charge in [-0.15, -0.1) is 0 Å². The van der Waals surface area contributed by atoms with Crippen LogP contribution in [0.1, 0.15) is 53.6 Å². The summed E-state index contributed by atoms with van der Waals surface area (Å²) >= 11 is 0. The summed E-state index contributed by atoms with van der Waals surface area (Å²) in [5.41, 5.74) is 2.00. The summed E-state index contributed by atoms with van der Waals surface area (Å²) in [7, 11) is 0. The van der Waals surface area contributed by atoms with Gasteiger partial charge in [0.05, 0.1) is 11.5 Å². The lowest BCUT2D eigenvalue weighted by atomic mass is 9.89. The highest BCUT2D eigenvalue weighted by molar-refractivity contribution is 6.15. The van der Waals surface area contributed by atoms with Crippen LogP contribution < -0.4 is 9.47 Å². The van der Waals surface area contributed by atoms with E-state index < -0.39 is 0 Å². The second-order valence-corrected chi connectivity index (χ2v) is 7.04. The number of esters is 1. The minimum absolute atomic E-state index is 0.0314. The van der Waals surface area contributed by atoms with Gasteiger partial charge in [0, 0.05) is 18.0 Å². The molecule has 0 saturated heterocycles. The number of nitrogens with zero attached hydrogens (tertiary/aromatic N) is 1. The third-order valence-electron chi connectivity index (χ3n) is 5.19. The number of Topliss-reactive ketones (excluding diaryl/α,β-unsaturated/α-hetero) is 1. The predicted molar refractivity (Wildman–Crippen MR) is 101 cm³/mol. The predicted octanol–water partition coefficient (Wildman–Crippen LogP) is 4.49. The summed E-state index contributed by atoms with van der Waals surface area (Å²) in [5.74, 6) is 0.799. The molecule has 1 saturated carbocycles. The Kier molecular flexibility index (Phi) is 4.75. The monoisotopic (exact) mass is 363 g/mol. The average Bonchev–Trinajstić information content (AvgIpc) is 3.02. The molecule has 1 aliphatic carbocycles. The molecule has 1 aliphatic heterocycles. The van der Waals surface area contributed by atoms with Crippen molar-refractivity contribution in [3.63, 3.8) is 0 Å². The van der Waals surface area contributed by atoms with Crippen LogP contribution >= 0.6 is 0 Å². The van der Waals surface area contributed by atoms with Crippen molar-refractivity contribution in [2.75, 3.05) is 0 Å². The number of hydrogen-bond acceptors (Lipinski definition) is 5. The van der Waals surface area contributed by atoms with E-state index in [0.717, 1.165) is 31.2 Å². The van der Waals surface area contributed by atoms with Gasteiger partial charge in [-0.1, -0.05) is 19.3 Å². The molecule has 0 radical (unpaired) electrons. The zero-order chi connectivity index (χ0) is 18.8. The van der Waals surface area contributed by atoms with Crippen LogP contribution in [0.3, 0.4) is 0 Å². The highest BCUT2D eigenvalue weighted by Crippen LogP contribution is 2.39. The van der Waals surface area contributed by atoms with Gasteiger partial charge in [0.25, 0.3) is 0 Å². The molecule has 5 heteroatoms. The highest BCUT2D eigenvalue weighted by Gasteiger charge is 2.31. The molecule has 2 aromatic rings. The maximum Gasteiger partial charge on any atom is 0.314 e. The fourth-order valence-corrected chi connectivity index (χ4v) is 3.62.